The van der Waals surface area contributed by atoms with Crippen LogP contribution < -0.4 is 0 Å². The van der Waals surface area contributed by atoms with E-state index in [4.69, 9.17) is 14.2 Å². The van der Waals surface area contributed by atoms with Gasteiger partial charge in [-0.3, -0.25) is 9.59 Å². The lowest BCUT2D eigenvalue weighted by Crippen LogP contribution is -2.30. The van der Waals surface area contributed by atoms with Crippen LogP contribution in [0.15, 0.2) is 85.1 Å². The number of carbonyl (C=O) groups is 2. The molecule has 0 bridgehead atoms. The van der Waals surface area contributed by atoms with Gasteiger partial charge in [-0.15, -0.1) is 0 Å². The van der Waals surface area contributed by atoms with Gasteiger partial charge in [0.2, 0.25) is 0 Å². The average Bonchev–Trinajstić information content (AvgIpc) is 3.27. The summed E-state index contributed by atoms with van der Waals surface area (Å²) in [5, 5.41) is 0. The standard InChI is InChI=1S/C57H98O5/c1-4-7-10-13-16-19-22-25-27-28-29-31-34-37-40-43-46-49-52-60-53-55(62-57(59)51-48-45-42-39-36-32-24-21-18-15-12-9-6-3)54-61-56(58)50-47-44-41-38-35-33-30-26-23-20-17-14-11-8-5-2/h7-8,10-11,16-17,19-21,24-27,30,55H,4-6,9,12-15,18,22-23,28-29,31-54H2,1-3H3/b10-7-,11-8-,19-16-,20-17-,24-21-,27-25-,30-26-. The second-order valence-corrected chi connectivity index (χ2v) is 17.0. The van der Waals surface area contributed by atoms with E-state index < -0.39 is 6.10 Å². The maximum absolute atomic E-state index is 12.8. The quantitative estimate of drug-likeness (QED) is 0.0346. The van der Waals surface area contributed by atoms with Gasteiger partial charge in [0.1, 0.15) is 6.61 Å². The Bertz CT molecular complexity index is 1160. The number of ether oxygens (including phenoxy) is 3. The zero-order valence-corrected chi connectivity index (χ0v) is 40.9. The van der Waals surface area contributed by atoms with Gasteiger partial charge < -0.3 is 14.2 Å². The minimum Gasteiger partial charge on any atom is -0.462 e. The molecule has 0 fully saturated rings. The predicted octanol–water partition coefficient (Wildman–Crippen LogP) is 17.7. The summed E-state index contributed by atoms with van der Waals surface area (Å²) in [6.07, 6.45) is 68.8. The van der Waals surface area contributed by atoms with Crippen molar-refractivity contribution in [2.75, 3.05) is 19.8 Å². The van der Waals surface area contributed by atoms with Gasteiger partial charge >= 0.3 is 11.9 Å². The van der Waals surface area contributed by atoms with E-state index in [0.29, 0.717) is 19.4 Å². The van der Waals surface area contributed by atoms with E-state index in [1.54, 1.807) is 0 Å². The number of unbranched alkanes of at least 4 members (excludes halogenated alkanes) is 22. The van der Waals surface area contributed by atoms with Gasteiger partial charge in [0.05, 0.1) is 6.61 Å². The van der Waals surface area contributed by atoms with Crippen LogP contribution in [-0.4, -0.2) is 37.9 Å². The molecule has 0 aromatic rings. The van der Waals surface area contributed by atoms with Crippen molar-refractivity contribution in [3.63, 3.8) is 0 Å². The van der Waals surface area contributed by atoms with Crippen LogP contribution in [-0.2, 0) is 23.8 Å². The molecule has 0 heterocycles. The van der Waals surface area contributed by atoms with Gasteiger partial charge in [0, 0.05) is 19.4 Å². The minimum atomic E-state index is -0.555. The van der Waals surface area contributed by atoms with E-state index >= 15 is 0 Å². The third kappa shape index (κ3) is 49.7. The van der Waals surface area contributed by atoms with Crippen LogP contribution in [0.1, 0.15) is 239 Å². The number of hydrogen-bond acceptors (Lipinski definition) is 5. The summed E-state index contributed by atoms with van der Waals surface area (Å²) in [7, 11) is 0. The molecule has 1 atom stereocenters. The van der Waals surface area contributed by atoms with Crippen molar-refractivity contribution in [1.82, 2.24) is 0 Å². The Hall–Kier alpha value is -2.92. The highest BCUT2D eigenvalue weighted by Gasteiger charge is 2.17. The van der Waals surface area contributed by atoms with Gasteiger partial charge in [-0.25, -0.2) is 0 Å². The van der Waals surface area contributed by atoms with Crippen molar-refractivity contribution >= 4 is 11.9 Å². The Morgan fingerprint density at radius 1 is 0.371 bits per heavy atom. The minimum absolute atomic E-state index is 0.0669. The first-order valence-corrected chi connectivity index (χ1v) is 26.1. The van der Waals surface area contributed by atoms with Crippen LogP contribution in [0.3, 0.4) is 0 Å². The Labute approximate surface area is 384 Å². The lowest BCUT2D eigenvalue weighted by molar-refractivity contribution is -0.163. The first kappa shape index (κ1) is 59.1. The smallest absolute Gasteiger partial charge is 0.306 e. The first-order chi connectivity index (χ1) is 30.6. The molecule has 0 saturated carbocycles. The number of allylic oxidation sites excluding steroid dienone is 14. The highest BCUT2D eigenvalue weighted by Crippen LogP contribution is 2.13. The summed E-state index contributed by atoms with van der Waals surface area (Å²) in [5.41, 5.74) is 0. The monoisotopic (exact) mass is 863 g/mol. The normalized spacial score (nSPS) is 12.9. The lowest BCUT2D eigenvalue weighted by atomic mass is 10.1. The van der Waals surface area contributed by atoms with Crippen LogP contribution in [0.5, 0.6) is 0 Å². The van der Waals surface area contributed by atoms with Crippen molar-refractivity contribution in [1.29, 1.82) is 0 Å². The van der Waals surface area contributed by atoms with Crippen molar-refractivity contribution in [2.24, 2.45) is 0 Å². The molecule has 5 nitrogen and oxygen atoms in total. The third-order valence-electron chi connectivity index (χ3n) is 10.9. The van der Waals surface area contributed by atoms with Crippen molar-refractivity contribution < 1.29 is 23.8 Å². The molecule has 0 aliphatic heterocycles. The van der Waals surface area contributed by atoms with E-state index in [9.17, 15) is 9.59 Å². The largest absolute Gasteiger partial charge is 0.462 e. The highest BCUT2D eigenvalue weighted by atomic mass is 16.6. The third-order valence-corrected chi connectivity index (χ3v) is 10.9. The Morgan fingerprint density at radius 3 is 1.18 bits per heavy atom. The summed E-state index contributed by atoms with van der Waals surface area (Å²) in [6.45, 7) is 7.56. The molecule has 5 heteroatoms. The molecule has 0 spiro atoms. The van der Waals surface area contributed by atoms with Crippen molar-refractivity contribution in [3.05, 3.63) is 85.1 Å². The maximum Gasteiger partial charge on any atom is 0.306 e. The fourth-order valence-corrected chi connectivity index (χ4v) is 7.06. The van der Waals surface area contributed by atoms with E-state index in [1.165, 1.54) is 103 Å². The lowest BCUT2D eigenvalue weighted by Gasteiger charge is -2.18. The molecule has 0 aromatic heterocycles. The van der Waals surface area contributed by atoms with Crippen LogP contribution in [0.25, 0.3) is 0 Å². The van der Waals surface area contributed by atoms with Crippen LogP contribution in [0.2, 0.25) is 0 Å². The summed E-state index contributed by atoms with van der Waals surface area (Å²) < 4.78 is 17.4. The average molecular weight is 863 g/mol. The fourth-order valence-electron chi connectivity index (χ4n) is 7.06. The fraction of sp³-hybridized carbons (Fsp3) is 0.719. The van der Waals surface area contributed by atoms with Crippen LogP contribution >= 0.6 is 0 Å². The molecule has 0 saturated heterocycles. The summed E-state index contributed by atoms with van der Waals surface area (Å²) in [4.78, 5) is 25.4. The zero-order chi connectivity index (χ0) is 44.9. The van der Waals surface area contributed by atoms with E-state index in [0.717, 1.165) is 103 Å². The van der Waals surface area contributed by atoms with Gasteiger partial charge in [0.15, 0.2) is 6.10 Å². The number of rotatable bonds is 47. The number of esters is 2. The highest BCUT2D eigenvalue weighted by molar-refractivity contribution is 5.70. The first-order valence-electron chi connectivity index (χ1n) is 26.1. The van der Waals surface area contributed by atoms with Gasteiger partial charge in [-0.05, 0) is 109 Å². The molecule has 0 aliphatic rings. The second-order valence-electron chi connectivity index (χ2n) is 17.0. The maximum atomic E-state index is 12.8. The molecular formula is C57H98O5. The summed E-state index contributed by atoms with van der Waals surface area (Å²) in [6, 6.07) is 0. The van der Waals surface area contributed by atoms with Gasteiger partial charge in [-0.1, -0.05) is 202 Å². The van der Waals surface area contributed by atoms with Crippen molar-refractivity contribution in [3.8, 4) is 0 Å². The molecule has 62 heavy (non-hydrogen) atoms. The Kier molecular flexibility index (Phi) is 50.0. The Morgan fingerprint density at radius 2 is 0.726 bits per heavy atom. The van der Waals surface area contributed by atoms with Gasteiger partial charge in [-0.2, -0.15) is 0 Å². The summed E-state index contributed by atoms with van der Waals surface area (Å²) in [5.74, 6) is -0.431. The molecule has 356 valence electrons. The molecular weight excluding hydrogens is 765 g/mol. The van der Waals surface area contributed by atoms with Gasteiger partial charge in [0.25, 0.3) is 0 Å². The molecule has 0 radical (unpaired) electrons. The molecule has 1 unspecified atom stereocenters. The molecule has 0 amide bonds. The zero-order valence-electron chi connectivity index (χ0n) is 40.9. The molecule has 0 aromatic carbocycles. The predicted molar refractivity (Wildman–Crippen MR) is 270 cm³/mol. The Balaban J connectivity index is 4.31. The van der Waals surface area contributed by atoms with E-state index in [2.05, 4.69) is 106 Å². The topological polar surface area (TPSA) is 61.8 Å². The number of carbonyl (C=O) groups excluding carboxylic acids is 2. The van der Waals surface area contributed by atoms with E-state index in [-0.39, 0.29) is 25.2 Å². The summed E-state index contributed by atoms with van der Waals surface area (Å²) >= 11 is 0. The van der Waals surface area contributed by atoms with Crippen molar-refractivity contribution in [2.45, 2.75) is 245 Å². The molecule has 0 N–H and O–H groups in total. The number of hydrogen-bond donors (Lipinski definition) is 0. The molecule has 0 rings (SSSR count). The SMILES string of the molecule is CC/C=C\C/C=C\C/C=C\CCCCCCCCCCOCC(COC(=O)CCCCCCC/C=C\C/C=C\C/C=C\CC)OC(=O)CCCCCCC/C=C\CCCCCC. The molecule has 0 aliphatic carbocycles. The van der Waals surface area contributed by atoms with Crippen LogP contribution in [0.4, 0.5) is 0 Å². The van der Waals surface area contributed by atoms with E-state index in [1.807, 2.05) is 0 Å². The second kappa shape index (κ2) is 52.4. The van der Waals surface area contributed by atoms with Crippen LogP contribution in [0, 0.1) is 0 Å².